The Bertz CT molecular complexity index is 818. The molecular weight excluding hydrogens is 324 g/mol. The molecule has 2 aromatic heterocycles. The van der Waals surface area contributed by atoms with Crippen molar-refractivity contribution in [3.8, 4) is 11.1 Å². The van der Waals surface area contributed by atoms with Crippen LogP contribution in [-0.2, 0) is 16.6 Å². The number of rotatable bonds is 4. The number of hydrogen-bond donors (Lipinski definition) is 2. The molecule has 0 atom stereocenters. The minimum atomic E-state index is -1.06. The number of carboxylic acid groups (broad SMARTS) is 1. The number of nitrogens with zero attached hydrogens (tertiary/aromatic N) is 3. The van der Waals surface area contributed by atoms with E-state index >= 15 is 0 Å². The summed E-state index contributed by atoms with van der Waals surface area (Å²) in [5.74, 6) is -0.770. The number of aromatic nitrogens is 3. The maximum Gasteiger partial charge on any atom is 0.413 e. The molecule has 0 saturated heterocycles. The molecule has 25 heavy (non-hydrogen) atoms. The third-order valence-corrected chi connectivity index (χ3v) is 2.99. The molecule has 0 aliphatic carbocycles. The smallest absolute Gasteiger partial charge is 0.413 e. The number of hydrogen-bond acceptors (Lipinski definition) is 5. The van der Waals surface area contributed by atoms with Crippen molar-refractivity contribution in [2.24, 2.45) is 7.05 Å². The average Bonchev–Trinajstić information content (AvgIpc) is 2.90. The van der Waals surface area contributed by atoms with E-state index in [1.165, 1.54) is 12.3 Å². The molecule has 0 radical (unpaired) electrons. The van der Waals surface area contributed by atoms with Gasteiger partial charge in [0.2, 0.25) is 0 Å². The molecule has 0 saturated carbocycles. The van der Waals surface area contributed by atoms with Crippen LogP contribution < -0.4 is 5.32 Å². The van der Waals surface area contributed by atoms with Crippen molar-refractivity contribution in [1.29, 1.82) is 0 Å². The van der Waals surface area contributed by atoms with Crippen LogP contribution in [0.1, 0.15) is 26.3 Å². The first-order valence-corrected chi connectivity index (χ1v) is 7.54. The molecule has 0 aliphatic heterocycles. The fraction of sp³-hybridized carbons (Fsp3) is 0.294. The van der Waals surface area contributed by atoms with Crippen molar-refractivity contribution in [2.45, 2.75) is 26.4 Å². The number of pyridine rings is 1. The second-order valence-electron chi connectivity index (χ2n) is 6.36. The third kappa shape index (κ3) is 5.45. The lowest BCUT2D eigenvalue weighted by molar-refractivity contribution is -0.131. The molecule has 132 valence electrons. The molecule has 2 rings (SSSR count). The number of aliphatic carboxylic acids is 1. The summed E-state index contributed by atoms with van der Waals surface area (Å²) in [6.07, 6.45) is 6.75. The van der Waals surface area contributed by atoms with E-state index in [-0.39, 0.29) is 0 Å². The van der Waals surface area contributed by atoms with Crippen LogP contribution >= 0.6 is 0 Å². The van der Waals surface area contributed by atoms with Gasteiger partial charge in [0.25, 0.3) is 0 Å². The van der Waals surface area contributed by atoms with Crippen molar-refractivity contribution < 1.29 is 19.4 Å². The van der Waals surface area contributed by atoms with Crippen LogP contribution in [0.2, 0.25) is 0 Å². The Balaban J connectivity index is 2.35. The molecule has 1 amide bonds. The molecule has 0 aliphatic rings. The zero-order chi connectivity index (χ0) is 18.6. The quantitative estimate of drug-likeness (QED) is 0.826. The van der Waals surface area contributed by atoms with E-state index in [9.17, 15) is 9.59 Å². The zero-order valence-corrected chi connectivity index (χ0v) is 14.5. The highest BCUT2D eigenvalue weighted by molar-refractivity contribution is 5.89. The van der Waals surface area contributed by atoms with Crippen molar-refractivity contribution in [2.75, 3.05) is 5.32 Å². The van der Waals surface area contributed by atoms with Crippen LogP contribution in [0.4, 0.5) is 10.6 Å². The normalized spacial score (nSPS) is 11.5. The van der Waals surface area contributed by atoms with Gasteiger partial charge in [0, 0.05) is 36.6 Å². The fourth-order valence-corrected chi connectivity index (χ4v) is 2.05. The van der Waals surface area contributed by atoms with E-state index in [4.69, 9.17) is 9.84 Å². The first-order chi connectivity index (χ1) is 11.6. The fourth-order valence-electron chi connectivity index (χ4n) is 2.05. The minimum Gasteiger partial charge on any atom is -0.478 e. The molecule has 0 unspecified atom stereocenters. The Hall–Kier alpha value is -3.16. The number of carbonyl (C=O) groups excluding carboxylic acids is 1. The summed E-state index contributed by atoms with van der Waals surface area (Å²) in [5, 5.41) is 15.5. The molecule has 2 N–H and O–H groups in total. The van der Waals surface area contributed by atoms with Crippen molar-refractivity contribution in [3.05, 3.63) is 36.3 Å². The highest BCUT2D eigenvalue weighted by Gasteiger charge is 2.17. The number of nitrogens with one attached hydrogen (secondary N) is 1. The average molecular weight is 344 g/mol. The zero-order valence-electron chi connectivity index (χ0n) is 14.5. The molecule has 0 spiro atoms. The van der Waals surface area contributed by atoms with Gasteiger partial charge in [-0.2, -0.15) is 5.10 Å². The van der Waals surface area contributed by atoms with Crippen LogP contribution in [-0.4, -0.2) is 37.5 Å². The second kappa shape index (κ2) is 7.16. The summed E-state index contributed by atoms with van der Waals surface area (Å²) in [6, 6.07) is 1.64. The van der Waals surface area contributed by atoms with Gasteiger partial charge in [-0.15, -0.1) is 0 Å². The largest absolute Gasteiger partial charge is 0.478 e. The van der Waals surface area contributed by atoms with Crippen LogP contribution in [0.3, 0.4) is 0 Å². The van der Waals surface area contributed by atoms with Gasteiger partial charge in [0.1, 0.15) is 11.4 Å². The highest BCUT2D eigenvalue weighted by Crippen LogP contribution is 2.26. The number of anilines is 1. The van der Waals surface area contributed by atoms with Gasteiger partial charge in [0.05, 0.1) is 6.20 Å². The molecular formula is C17H20N4O4. The van der Waals surface area contributed by atoms with Crippen molar-refractivity contribution in [1.82, 2.24) is 14.8 Å². The topological polar surface area (TPSA) is 106 Å². The molecule has 0 aromatic carbocycles. The number of aryl methyl sites for hydroxylation is 1. The lowest BCUT2D eigenvalue weighted by Crippen LogP contribution is -2.27. The van der Waals surface area contributed by atoms with Gasteiger partial charge >= 0.3 is 12.1 Å². The predicted molar refractivity (Wildman–Crippen MR) is 93.0 cm³/mol. The summed E-state index contributed by atoms with van der Waals surface area (Å²) in [6.45, 7) is 5.29. The first-order valence-electron chi connectivity index (χ1n) is 7.54. The maximum absolute atomic E-state index is 11.9. The molecule has 0 fully saturated rings. The van der Waals surface area contributed by atoms with Crippen molar-refractivity contribution >= 4 is 24.0 Å². The number of amides is 1. The third-order valence-electron chi connectivity index (χ3n) is 2.99. The van der Waals surface area contributed by atoms with Gasteiger partial charge in [-0.25, -0.2) is 14.6 Å². The summed E-state index contributed by atoms with van der Waals surface area (Å²) in [7, 11) is 1.78. The van der Waals surface area contributed by atoms with Gasteiger partial charge in [0.15, 0.2) is 0 Å². The molecule has 0 bridgehead atoms. The standard InChI is InChI=1S/C17H20N4O4/c1-17(2,3)25-16(24)20-14-7-13(12-9-19-21(4)10-12)11(8-18-14)5-6-15(22)23/h5-10H,1-4H3,(H,22,23)(H,18,20,24)/b6-5+. The number of ether oxygens (including phenoxy) is 1. The van der Waals surface area contributed by atoms with Gasteiger partial charge in [-0.3, -0.25) is 10.00 Å². The molecule has 8 nitrogen and oxygen atoms in total. The predicted octanol–water partition coefficient (Wildman–Crippen LogP) is 2.93. The van der Waals surface area contributed by atoms with Crippen LogP contribution in [0.25, 0.3) is 17.2 Å². The molecule has 8 heteroatoms. The van der Waals surface area contributed by atoms with Gasteiger partial charge < -0.3 is 9.84 Å². The minimum absolute atomic E-state index is 0.292. The summed E-state index contributed by atoms with van der Waals surface area (Å²) in [5.41, 5.74) is 1.42. The molecule has 2 heterocycles. The summed E-state index contributed by atoms with van der Waals surface area (Å²) in [4.78, 5) is 26.8. The summed E-state index contributed by atoms with van der Waals surface area (Å²) >= 11 is 0. The monoisotopic (exact) mass is 344 g/mol. The number of carbonyl (C=O) groups is 2. The van der Waals surface area contributed by atoms with E-state index < -0.39 is 17.7 Å². The highest BCUT2D eigenvalue weighted by atomic mass is 16.6. The van der Waals surface area contributed by atoms with E-state index in [1.807, 2.05) is 0 Å². The van der Waals surface area contributed by atoms with Crippen LogP contribution in [0, 0.1) is 0 Å². The Morgan fingerprint density at radius 2 is 2.04 bits per heavy atom. The Morgan fingerprint density at radius 1 is 1.32 bits per heavy atom. The van der Waals surface area contributed by atoms with E-state index in [0.29, 0.717) is 16.9 Å². The molecule has 2 aromatic rings. The van der Waals surface area contributed by atoms with E-state index in [0.717, 1.165) is 11.6 Å². The number of carboxylic acids is 1. The van der Waals surface area contributed by atoms with E-state index in [2.05, 4.69) is 15.4 Å². The van der Waals surface area contributed by atoms with Crippen LogP contribution in [0.5, 0.6) is 0 Å². The second-order valence-corrected chi connectivity index (χ2v) is 6.36. The Morgan fingerprint density at radius 3 is 2.60 bits per heavy atom. The summed E-state index contributed by atoms with van der Waals surface area (Å²) < 4.78 is 6.83. The Labute approximate surface area is 145 Å². The first kappa shape index (κ1) is 18.2. The SMILES string of the molecule is Cn1cc(-c2cc(NC(=O)OC(C)(C)C)ncc2/C=C/C(=O)O)cn1. The lowest BCUT2D eigenvalue weighted by Gasteiger charge is -2.19. The Kier molecular flexibility index (Phi) is 5.21. The van der Waals surface area contributed by atoms with E-state index in [1.54, 1.807) is 51.0 Å². The van der Waals surface area contributed by atoms with Crippen LogP contribution in [0.15, 0.2) is 30.7 Å². The van der Waals surface area contributed by atoms with Crippen molar-refractivity contribution in [3.63, 3.8) is 0 Å². The maximum atomic E-state index is 11.9. The lowest BCUT2D eigenvalue weighted by atomic mass is 10.0. The van der Waals surface area contributed by atoms with Gasteiger partial charge in [-0.05, 0) is 38.5 Å². The van der Waals surface area contributed by atoms with Gasteiger partial charge in [-0.1, -0.05) is 0 Å².